The van der Waals surface area contributed by atoms with Crippen LogP contribution in [0.25, 0.3) is 0 Å². The lowest BCUT2D eigenvalue weighted by atomic mass is 10.1. The number of carbonyl (C=O) groups excluding carboxylic acids is 1. The van der Waals surface area contributed by atoms with Gasteiger partial charge in [0.05, 0.1) is 11.9 Å². The van der Waals surface area contributed by atoms with Crippen LogP contribution in [-0.4, -0.2) is 42.9 Å². The summed E-state index contributed by atoms with van der Waals surface area (Å²) in [5, 5.41) is 4.20. The van der Waals surface area contributed by atoms with E-state index in [1.54, 1.807) is 16.6 Å². The van der Waals surface area contributed by atoms with E-state index >= 15 is 0 Å². The summed E-state index contributed by atoms with van der Waals surface area (Å²) >= 11 is 0. The second-order valence-electron chi connectivity index (χ2n) is 4.84. The molecule has 1 aromatic rings. The molecule has 1 amide bonds. The number of sulfonamides is 1. The van der Waals surface area contributed by atoms with Crippen LogP contribution in [0.2, 0.25) is 0 Å². The Kier molecular flexibility index (Phi) is 3.64. The van der Waals surface area contributed by atoms with Gasteiger partial charge in [-0.3, -0.25) is 14.4 Å². The van der Waals surface area contributed by atoms with Crippen molar-refractivity contribution in [3.8, 4) is 0 Å². The lowest BCUT2D eigenvalue weighted by Gasteiger charge is -2.31. The summed E-state index contributed by atoms with van der Waals surface area (Å²) in [6, 6.07) is 1.14. The maximum Gasteiger partial charge on any atom is 0.246 e. The van der Waals surface area contributed by atoms with Crippen LogP contribution in [0.4, 0.5) is 5.82 Å². The number of anilines is 1. The third-order valence-electron chi connectivity index (χ3n) is 3.05. The fraction of sp³-hybridized carbons (Fsp3) is 0.636. The zero-order valence-electron chi connectivity index (χ0n) is 11.3. The Morgan fingerprint density at radius 2 is 2.16 bits per heavy atom. The third-order valence-corrected chi connectivity index (χ3v) is 3.76. The van der Waals surface area contributed by atoms with E-state index in [0.717, 1.165) is 18.4 Å². The molecule has 2 rings (SSSR count). The third kappa shape index (κ3) is 3.13. The molecule has 0 saturated carbocycles. The highest BCUT2D eigenvalue weighted by molar-refractivity contribution is 7.88. The molecule has 0 unspecified atom stereocenters. The molecule has 7 nitrogen and oxygen atoms in total. The highest BCUT2D eigenvalue weighted by Gasteiger charge is 2.32. The van der Waals surface area contributed by atoms with Gasteiger partial charge in [-0.2, -0.15) is 5.10 Å². The van der Waals surface area contributed by atoms with Crippen molar-refractivity contribution >= 4 is 21.7 Å². The largest absolute Gasteiger partial charge is 0.296 e. The normalized spacial score (nSPS) is 20.9. The Balaban J connectivity index is 2.23. The lowest BCUT2D eigenvalue weighted by molar-refractivity contribution is -0.121. The minimum Gasteiger partial charge on any atom is -0.296 e. The Morgan fingerprint density at radius 3 is 2.68 bits per heavy atom. The van der Waals surface area contributed by atoms with Gasteiger partial charge in [-0.15, -0.1) is 0 Å². The van der Waals surface area contributed by atoms with Crippen LogP contribution >= 0.6 is 0 Å². The number of piperidine rings is 1. The van der Waals surface area contributed by atoms with Crippen molar-refractivity contribution in [2.75, 3.05) is 17.7 Å². The summed E-state index contributed by atoms with van der Waals surface area (Å²) in [4.78, 5) is 13.9. The van der Waals surface area contributed by atoms with Crippen molar-refractivity contribution in [1.29, 1.82) is 0 Å². The van der Waals surface area contributed by atoms with E-state index in [4.69, 9.17) is 0 Å². The van der Waals surface area contributed by atoms with Crippen LogP contribution in [0.1, 0.15) is 18.5 Å². The SMILES string of the molecule is Cc1cc(N2CCC[C@H](NS(C)(=O)=O)C2=O)n(C)n1. The van der Waals surface area contributed by atoms with Gasteiger partial charge in [0.2, 0.25) is 15.9 Å². The molecule has 2 heterocycles. The van der Waals surface area contributed by atoms with E-state index in [-0.39, 0.29) is 5.91 Å². The van der Waals surface area contributed by atoms with Crippen molar-refractivity contribution in [2.24, 2.45) is 7.05 Å². The summed E-state index contributed by atoms with van der Waals surface area (Å²) in [6.07, 6.45) is 2.34. The molecule has 106 valence electrons. The van der Waals surface area contributed by atoms with Gasteiger partial charge in [-0.05, 0) is 19.8 Å². The van der Waals surface area contributed by atoms with Gasteiger partial charge in [-0.1, -0.05) is 0 Å². The van der Waals surface area contributed by atoms with Crippen LogP contribution in [0, 0.1) is 6.92 Å². The maximum absolute atomic E-state index is 12.3. The maximum atomic E-state index is 12.3. The zero-order valence-corrected chi connectivity index (χ0v) is 12.1. The van der Waals surface area contributed by atoms with Gasteiger partial charge in [0.15, 0.2) is 0 Å². The second-order valence-corrected chi connectivity index (χ2v) is 6.62. The fourth-order valence-corrected chi connectivity index (χ4v) is 3.06. The number of nitrogens with zero attached hydrogens (tertiary/aromatic N) is 3. The molecule has 1 aliphatic heterocycles. The molecule has 0 aliphatic carbocycles. The van der Waals surface area contributed by atoms with Crippen molar-refractivity contribution in [3.05, 3.63) is 11.8 Å². The zero-order chi connectivity index (χ0) is 14.2. The molecule has 1 fully saturated rings. The number of nitrogens with one attached hydrogen (secondary N) is 1. The molecule has 0 bridgehead atoms. The van der Waals surface area contributed by atoms with Crippen LogP contribution in [0.5, 0.6) is 0 Å². The van der Waals surface area contributed by atoms with Crippen LogP contribution in [0.15, 0.2) is 6.07 Å². The lowest BCUT2D eigenvalue weighted by Crippen LogP contribution is -2.52. The summed E-state index contributed by atoms with van der Waals surface area (Å²) < 4.78 is 26.5. The first kappa shape index (κ1) is 14.0. The van der Waals surface area contributed by atoms with Crippen molar-refractivity contribution in [2.45, 2.75) is 25.8 Å². The number of rotatable bonds is 3. The summed E-state index contributed by atoms with van der Waals surface area (Å²) in [5.74, 6) is 0.474. The van der Waals surface area contributed by atoms with Gasteiger partial charge in [0.25, 0.3) is 0 Å². The van der Waals surface area contributed by atoms with Crippen molar-refractivity contribution in [1.82, 2.24) is 14.5 Å². The molecule has 1 saturated heterocycles. The molecule has 1 atom stereocenters. The monoisotopic (exact) mass is 286 g/mol. The Labute approximate surface area is 112 Å². The van der Waals surface area contributed by atoms with Gasteiger partial charge in [0.1, 0.15) is 11.9 Å². The summed E-state index contributed by atoms with van der Waals surface area (Å²) in [6.45, 7) is 2.43. The highest BCUT2D eigenvalue weighted by atomic mass is 32.2. The van der Waals surface area contributed by atoms with Crippen LogP contribution in [-0.2, 0) is 21.9 Å². The average Bonchev–Trinajstić information content (AvgIpc) is 2.59. The Bertz CT molecular complexity index is 593. The predicted molar refractivity (Wildman–Crippen MR) is 71.3 cm³/mol. The number of aryl methyl sites for hydroxylation is 2. The second kappa shape index (κ2) is 4.93. The van der Waals surface area contributed by atoms with E-state index in [1.807, 2.05) is 13.0 Å². The highest BCUT2D eigenvalue weighted by Crippen LogP contribution is 2.21. The van der Waals surface area contributed by atoms with Crippen molar-refractivity contribution < 1.29 is 13.2 Å². The number of hydrogen-bond donors (Lipinski definition) is 1. The van der Waals surface area contributed by atoms with E-state index < -0.39 is 16.1 Å². The molecule has 8 heteroatoms. The van der Waals surface area contributed by atoms with Gasteiger partial charge in [-0.25, -0.2) is 13.1 Å². The van der Waals surface area contributed by atoms with Gasteiger partial charge >= 0.3 is 0 Å². The molecular weight excluding hydrogens is 268 g/mol. The minimum atomic E-state index is -3.39. The molecule has 1 aliphatic rings. The minimum absolute atomic E-state index is 0.223. The molecule has 1 aromatic heterocycles. The predicted octanol–water partition coefficient (Wildman–Crippen LogP) is -0.227. The number of amides is 1. The quantitative estimate of drug-likeness (QED) is 0.832. The standard InChI is InChI=1S/C11H18N4O3S/c1-8-7-10(14(2)12-8)15-6-4-5-9(11(15)16)13-19(3,17)18/h7,9,13H,4-6H2,1-3H3/t9-/m0/s1. The molecule has 1 N–H and O–H groups in total. The molecule has 19 heavy (non-hydrogen) atoms. The summed E-state index contributed by atoms with van der Waals surface area (Å²) in [7, 11) is -1.62. The van der Waals surface area contributed by atoms with E-state index in [2.05, 4.69) is 9.82 Å². The fourth-order valence-electron chi connectivity index (χ4n) is 2.32. The number of aromatic nitrogens is 2. The first-order valence-corrected chi connectivity index (χ1v) is 7.96. The van der Waals surface area contributed by atoms with E-state index in [9.17, 15) is 13.2 Å². The van der Waals surface area contributed by atoms with Gasteiger partial charge in [0, 0.05) is 19.7 Å². The molecule has 0 aromatic carbocycles. The first-order valence-electron chi connectivity index (χ1n) is 6.07. The Hall–Kier alpha value is -1.41. The molecular formula is C11H18N4O3S. The van der Waals surface area contributed by atoms with Crippen LogP contribution < -0.4 is 9.62 Å². The van der Waals surface area contributed by atoms with Crippen LogP contribution in [0.3, 0.4) is 0 Å². The van der Waals surface area contributed by atoms with E-state index in [0.29, 0.717) is 18.8 Å². The van der Waals surface area contributed by atoms with E-state index in [1.165, 1.54) is 0 Å². The molecule has 0 radical (unpaired) electrons. The number of carbonyl (C=O) groups is 1. The average molecular weight is 286 g/mol. The smallest absolute Gasteiger partial charge is 0.246 e. The topological polar surface area (TPSA) is 84.3 Å². The Morgan fingerprint density at radius 1 is 1.47 bits per heavy atom. The van der Waals surface area contributed by atoms with Gasteiger partial charge < -0.3 is 0 Å². The summed E-state index contributed by atoms with van der Waals surface area (Å²) in [5.41, 5.74) is 0.823. The van der Waals surface area contributed by atoms with Crippen molar-refractivity contribution in [3.63, 3.8) is 0 Å². The first-order chi connectivity index (χ1) is 8.78. The number of hydrogen-bond acceptors (Lipinski definition) is 4. The molecule has 0 spiro atoms.